The highest BCUT2D eigenvalue weighted by atomic mass is 127. The van der Waals surface area contributed by atoms with Gasteiger partial charge in [0.1, 0.15) is 23.6 Å². The Balaban J connectivity index is 0.00000182. The molecule has 126 valence electrons. The number of rotatable bonds is 2. The minimum atomic E-state index is -0.0000332. The number of hydrogen-bond acceptors (Lipinski definition) is 3. The molecule has 4 rings (SSSR count). The number of para-hydroxylation sites is 1. The van der Waals surface area contributed by atoms with E-state index in [1.807, 2.05) is 56.5 Å². The Bertz CT molecular complexity index is 1160. The number of aryl methyl sites for hydroxylation is 2. The van der Waals surface area contributed by atoms with Crippen LogP contribution in [0.15, 0.2) is 57.9 Å². The summed E-state index contributed by atoms with van der Waals surface area (Å²) in [7, 11) is 2.03. The molecule has 0 N–H and O–H groups in total. The maximum atomic E-state index is 12.6. The van der Waals surface area contributed by atoms with Crippen LogP contribution in [-0.2, 0) is 7.05 Å². The number of halogens is 1. The van der Waals surface area contributed by atoms with Gasteiger partial charge in [-0.15, -0.1) is 0 Å². The van der Waals surface area contributed by atoms with E-state index in [4.69, 9.17) is 4.42 Å². The maximum absolute atomic E-state index is 12.6. The Morgan fingerprint density at radius 2 is 1.92 bits per heavy atom. The van der Waals surface area contributed by atoms with Crippen molar-refractivity contribution in [3.8, 4) is 0 Å². The molecule has 0 aliphatic heterocycles. The zero-order valence-corrected chi connectivity index (χ0v) is 16.8. The number of aromatic nitrogens is 1. The number of hydrogen-bond donors (Lipinski definition) is 0. The summed E-state index contributed by atoms with van der Waals surface area (Å²) in [6, 6.07) is 13.9. The monoisotopic (exact) mass is 461 g/mol. The van der Waals surface area contributed by atoms with E-state index in [1.54, 1.807) is 11.3 Å². The highest BCUT2D eigenvalue weighted by molar-refractivity contribution is 7.18. The zero-order chi connectivity index (χ0) is 16.7. The van der Waals surface area contributed by atoms with Crippen molar-refractivity contribution in [2.24, 2.45) is 7.05 Å². The first-order chi connectivity index (χ1) is 11.6. The van der Waals surface area contributed by atoms with Crippen molar-refractivity contribution < 1.29 is 33.0 Å². The average Bonchev–Trinajstić information content (AvgIpc) is 2.91. The normalized spacial score (nSPS) is 11.3. The average molecular weight is 461 g/mol. The minimum absolute atomic E-state index is 0. The molecule has 0 amide bonds. The third kappa shape index (κ3) is 3.26. The lowest BCUT2D eigenvalue weighted by Crippen LogP contribution is -3.00. The Hall–Kier alpha value is -1.99. The predicted octanol–water partition coefficient (Wildman–Crippen LogP) is 1.32. The van der Waals surface area contributed by atoms with Gasteiger partial charge in [0, 0.05) is 12.1 Å². The summed E-state index contributed by atoms with van der Waals surface area (Å²) >= 11 is 1.70. The third-order valence-electron chi connectivity index (χ3n) is 4.13. The predicted molar refractivity (Wildman–Crippen MR) is 99.2 cm³/mol. The first kappa shape index (κ1) is 17.8. The summed E-state index contributed by atoms with van der Waals surface area (Å²) in [5, 5.41) is 1.71. The van der Waals surface area contributed by atoms with E-state index in [0.29, 0.717) is 16.5 Å². The van der Waals surface area contributed by atoms with E-state index in [1.165, 1.54) is 16.5 Å². The van der Waals surface area contributed by atoms with Crippen LogP contribution in [0.25, 0.3) is 33.3 Å². The van der Waals surface area contributed by atoms with Gasteiger partial charge in [-0.05, 0) is 31.2 Å². The van der Waals surface area contributed by atoms with Gasteiger partial charge in [-0.3, -0.25) is 4.79 Å². The molecular formula is C20H16INO2S. The summed E-state index contributed by atoms with van der Waals surface area (Å²) in [5.74, 6) is 0. The fraction of sp³-hybridized carbons (Fsp3) is 0.100. The summed E-state index contributed by atoms with van der Waals surface area (Å²) in [4.78, 5) is 12.6. The molecule has 0 saturated carbocycles. The van der Waals surface area contributed by atoms with E-state index >= 15 is 0 Å². The van der Waals surface area contributed by atoms with Crippen LogP contribution in [0, 0.1) is 6.92 Å². The molecule has 2 aromatic heterocycles. The van der Waals surface area contributed by atoms with Crippen molar-refractivity contribution in [1.29, 1.82) is 0 Å². The van der Waals surface area contributed by atoms with Gasteiger partial charge in [-0.1, -0.05) is 35.1 Å². The molecule has 0 unspecified atom stereocenters. The Morgan fingerprint density at radius 1 is 1.12 bits per heavy atom. The molecule has 0 spiro atoms. The number of fused-ring (bicyclic) bond motifs is 2. The standard InChI is InChI=1S/C20H16NO2S.HI/c1-13-7-9-17-15(11-13)20(22)14(12-23-17)8-10-19-21(2)16-5-3-4-6-18(16)24-19;/h3-12H,1-2H3;1H/q+1;/p-1/b10-8+;. The van der Waals surface area contributed by atoms with Crippen molar-refractivity contribution in [1.82, 2.24) is 0 Å². The number of benzene rings is 2. The molecule has 0 saturated heterocycles. The second-order valence-electron chi connectivity index (χ2n) is 5.82. The fourth-order valence-corrected chi connectivity index (χ4v) is 3.86. The molecule has 0 aliphatic carbocycles. The summed E-state index contributed by atoms with van der Waals surface area (Å²) in [6.07, 6.45) is 5.33. The molecule has 0 bridgehead atoms. The molecule has 4 aromatic rings. The molecule has 0 aliphatic rings. The molecular weight excluding hydrogens is 445 g/mol. The van der Waals surface area contributed by atoms with Crippen molar-refractivity contribution in [3.63, 3.8) is 0 Å². The Labute approximate surface area is 166 Å². The molecule has 0 fully saturated rings. The van der Waals surface area contributed by atoms with Crippen LogP contribution in [0.2, 0.25) is 0 Å². The van der Waals surface area contributed by atoms with Crippen LogP contribution in [-0.4, -0.2) is 0 Å². The SMILES string of the molecule is Cc1ccc2occ(/C=C/c3sc4ccccc4[n+]3C)c(=O)c2c1.[I-]. The lowest BCUT2D eigenvalue weighted by Gasteiger charge is -1.99. The second kappa shape index (κ2) is 7.09. The van der Waals surface area contributed by atoms with E-state index < -0.39 is 0 Å². The van der Waals surface area contributed by atoms with Crippen LogP contribution in [0.5, 0.6) is 0 Å². The Kier molecular flexibility index (Phi) is 5.06. The first-order valence-corrected chi connectivity index (χ1v) is 8.53. The molecule has 2 aromatic carbocycles. The first-order valence-electron chi connectivity index (χ1n) is 7.71. The topological polar surface area (TPSA) is 34.1 Å². The zero-order valence-electron chi connectivity index (χ0n) is 13.8. The lowest BCUT2D eigenvalue weighted by atomic mass is 10.1. The van der Waals surface area contributed by atoms with E-state index in [-0.39, 0.29) is 29.4 Å². The van der Waals surface area contributed by atoms with Crippen molar-refractivity contribution in [3.05, 3.63) is 75.1 Å². The van der Waals surface area contributed by atoms with Gasteiger partial charge < -0.3 is 28.4 Å². The summed E-state index contributed by atoms with van der Waals surface area (Å²) in [5.41, 5.74) is 3.41. The molecule has 0 atom stereocenters. The van der Waals surface area contributed by atoms with Crippen LogP contribution in [0.1, 0.15) is 16.1 Å². The van der Waals surface area contributed by atoms with Crippen LogP contribution >= 0.6 is 11.3 Å². The molecule has 2 heterocycles. The van der Waals surface area contributed by atoms with Gasteiger partial charge in [0.15, 0.2) is 5.43 Å². The van der Waals surface area contributed by atoms with Crippen LogP contribution in [0.3, 0.4) is 0 Å². The maximum Gasteiger partial charge on any atom is 0.262 e. The molecule has 0 radical (unpaired) electrons. The smallest absolute Gasteiger partial charge is 0.262 e. The quantitative estimate of drug-likeness (QED) is 0.334. The lowest BCUT2D eigenvalue weighted by molar-refractivity contribution is -0.642. The molecule has 5 heteroatoms. The van der Waals surface area contributed by atoms with Crippen molar-refractivity contribution >= 4 is 44.7 Å². The third-order valence-corrected chi connectivity index (χ3v) is 5.32. The highest BCUT2D eigenvalue weighted by Gasteiger charge is 2.13. The number of thiazole rings is 1. The second-order valence-corrected chi connectivity index (χ2v) is 6.88. The summed E-state index contributed by atoms with van der Waals surface area (Å²) < 4.78 is 8.95. The van der Waals surface area contributed by atoms with Crippen molar-refractivity contribution in [2.45, 2.75) is 6.92 Å². The van der Waals surface area contributed by atoms with Gasteiger partial charge >= 0.3 is 0 Å². The number of nitrogens with zero attached hydrogens (tertiary/aromatic N) is 1. The summed E-state index contributed by atoms with van der Waals surface area (Å²) in [6.45, 7) is 1.97. The van der Waals surface area contributed by atoms with Gasteiger partial charge in [0.25, 0.3) is 5.01 Å². The van der Waals surface area contributed by atoms with E-state index in [2.05, 4.69) is 16.7 Å². The van der Waals surface area contributed by atoms with Gasteiger partial charge in [-0.25, -0.2) is 0 Å². The fourth-order valence-electron chi connectivity index (χ4n) is 2.80. The Morgan fingerprint density at radius 3 is 2.72 bits per heavy atom. The minimum Gasteiger partial charge on any atom is -1.00 e. The molecule has 3 nitrogen and oxygen atoms in total. The molecule has 25 heavy (non-hydrogen) atoms. The largest absolute Gasteiger partial charge is 1.00 e. The van der Waals surface area contributed by atoms with Crippen LogP contribution < -0.4 is 34.0 Å². The van der Waals surface area contributed by atoms with Crippen LogP contribution in [0.4, 0.5) is 0 Å². The highest BCUT2D eigenvalue weighted by Crippen LogP contribution is 2.21. The van der Waals surface area contributed by atoms with Crippen molar-refractivity contribution in [2.75, 3.05) is 0 Å². The van der Waals surface area contributed by atoms with Gasteiger partial charge in [0.05, 0.1) is 10.9 Å². The van der Waals surface area contributed by atoms with E-state index in [0.717, 1.165) is 10.6 Å². The van der Waals surface area contributed by atoms with E-state index in [9.17, 15) is 4.79 Å². The van der Waals surface area contributed by atoms with Gasteiger partial charge in [0.2, 0.25) is 5.52 Å². The van der Waals surface area contributed by atoms with Gasteiger partial charge in [-0.2, -0.15) is 4.57 Å².